The number of anilines is 2. The van der Waals surface area contributed by atoms with E-state index in [1.54, 1.807) is 54.6 Å². The molecule has 0 aromatic heterocycles. The maximum absolute atomic E-state index is 12.7. The summed E-state index contributed by atoms with van der Waals surface area (Å²) in [6, 6.07) is 19.3. The van der Waals surface area contributed by atoms with Gasteiger partial charge in [0.05, 0.1) is 24.0 Å². The molecule has 32 heavy (non-hydrogen) atoms. The van der Waals surface area contributed by atoms with E-state index in [9.17, 15) is 18.0 Å². The number of rotatable bonds is 7. The molecule has 3 aromatic rings. The number of carbonyl (C=O) groups excluding carboxylic acids is 2. The highest BCUT2D eigenvalue weighted by Crippen LogP contribution is 2.33. The summed E-state index contributed by atoms with van der Waals surface area (Å²) in [6.07, 6.45) is -0.758. The van der Waals surface area contributed by atoms with Gasteiger partial charge in [-0.3, -0.25) is 9.52 Å². The van der Waals surface area contributed by atoms with Crippen molar-refractivity contribution >= 4 is 33.3 Å². The summed E-state index contributed by atoms with van der Waals surface area (Å²) >= 11 is 0. The first kappa shape index (κ1) is 21.4. The Morgan fingerprint density at radius 2 is 1.75 bits per heavy atom. The third kappa shape index (κ3) is 4.57. The molecule has 164 valence electrons. The number of fused-ring (bicyclic) bond motifs is 1. The summed E-state index contributed by atoms with van der Waals surface area (Å²) in [4.78, 5) is 24.4. The van der Waals surface area contributed by atoms with Gasteiger partial charge in [-0.25, -0.2) is 13.2 Å². The lowest BCUT2D eigenvalue weighted by Crippen LogP contribution is -2.17. The molecule has 1 aliphatic heterocycles. The molecule has 0 bridgehead atoms. The number of ether oxygens (including phenoxy) is 2. The van der Waals surface area contributed by atoms with Crippen LogP contribution in [0.2, 0.25) is 0 Å². The maximum atomic E-state index is 12.7. The molecule has 0 spiro atoms. The van der Waals surface area contributed by atoms with E-state index >= 15 is 0 Å². The number of nitrogens with one attached hydrogen (secondary N) is 2. The number of carbonyl (C=O) groups is 2. The van der Waals surface area contributed by atoms with Crippen LogP contribution in [0.25, 0.3) is 0 Å². The molecule has 0 unspecified atom stereocenters. The van der Waals surface area contributed by atoms with Crippen LogP contribution in [0.3, 0.4) is 0 Å². The lowest BCUT2D eigenvalue weighted by Gasteiger charge is -2.13. The minimum absolute atomic E-state index is 0.0104. The monoisotopic (exact) mass is 452 g/mol. The first-order valence-electron chi connectivity index (χ1n) is 9.72. The molecule has 0 aliphatic carbocycles. The van der Waals surface area contributed by atoms with Crippen LogP contribution in [0.5, 0.6) is 5.75 Å². The van der Waals surface area contributed by atoms with Crippen LogP contribution in [0.15, 0.2) is 77.7 Å². The topological polar surface area (TPSA) is 111 Å². The maximum Gasteiger partial charge on any atom is 0.339 e. The van der Waals surface area contributed by atoms with Crippen molar-refractivity contribution < 1.29 is 27.5 Å². The molecule has 0 fully saturated rings. The second kappa shape index (κ2) is 8.72. The van der Waals surface area contributed by atoms with Crippen molar-refractivity contribution in [3.05, 3.63) is 83.9 Å². The zero-order chi connectivity index (χ0) is 22.7. The van der Waals surface area contributed by atoms with E-state index in [0.717, 1.165) is 0 Å². The van der Waals surface area contributed by atoms with Gasteiger partial charge in [-0.1, -0.05) is 24.3 Å². The fourth-order valence-corrected chi connectivity index (χ4v) is 4.47. The molecule has 1 heterocycles. The normalized spacial score (nSPS) is 14.9. The van der Waals surface area contributed by atoms with Crippen LogP contribution in [0, 0.1) is 0 Å². The summed E-state index contributed by atoms with van der Waals surface area (Å²) in [5.41, 5.74) is 1.79. The van der Waals surface area contributed by atoms with Crippen molar-refractivity contribution in [1.29, 1.82) is 0 Å². The van der Waals surface area contributed by atoms with Crippen molar-refractivity contribution in [2.24, 2.45) is 0 Å². The average molecular weight is 452 g/mol. The van der Waals surface area contributed by atoms with E-state index in [1.807, 2.05) is 0 Å². The minimum Gasteiger partial charge on any atom is -0.497 e. The first-order valence-corrected chi connectivity index (χ1v) is 11.2. The number of benzene rings is 3. The predicted molar refractivity (Wildman–Crippen MR) is 118 cm³/mol. The van der Waals surface area contributed by atoms with E-state index in [0.29, 0.717) is 28.3 Å². The van der Waals surface area contributed by atoms with Gasteiger partial charge in [0.25, 0.3) is 10.0 Å². The van der Waals surface area contributed by atoms with Gasteiger partial charge in [0.15, 0.2) is 0 Å². The first-order chi connectivity index (χ1) is 15.4. The Morgan fingerprint density at radius 3 is 2.50 bits per heavy atom. The summed E-state index contributed by atoms with van der Waals surface area (Å²) in [6.45, 7) is 0. The molecule has 0 radical (unpaired) electrons. The van der Waals surface area contributed by atoms with Gasteiger partial charge in [-0.2, -0.15) is 0 Å². The number of hydrogen-bond acceptors (Lipinski definition) is 6. The van der Waals surface area contributed by atoms with Crippen molar-refractivity contribution in [2.75, 3.05) is 17.1 Å². The smallest absolute Gasteiger partial charge is 0.339 e. The molecule has 8 nitrogen and oxygen atoms in total. The fraction of sp³-hybridized carbons (Fsp3) is 0.130. The molecule has 9 heteroatoms. The highest BCUT2D eigenvalue weighted by Gasteiger charge is 2.32. The quantitative estimate of drug-likeness (QED) is 0.529. The van der Waals surface area contributed by atoms with Gasteiger partial charge in [-0.05, 0) is 48.5 Å². The highest BCUT2D eigenvalue weighted by atomic mass is 32.2. The molecule has 0 saturated heterocycles. The van der Waals surface area contributed by atoms with Crippen LogP contribution >= 0.6 is 0 Å². The summed E-state index contributed by atoms with van der Waals surface area (Å²) in [5, 5.41) is 2.67. The average Bonchev–Trinajstić information content (AvgIpc) is 3.09. The van der Waals surface area contributed by atoms with Gasteiger partial charge in [0, 0.05) is 16.9 Å². The standard InChI is InChI=1S/C23H20N2O6S/c1-30-17-11-9-15(10-12-17)25-32(28,29)18-6-4-5-16(13-18)24-22(26)14-21-19-7-2-3-8-20(19)23(27)31-21/h2-13,21,25H,14H2,1H3,(H,24,26)/t21-/m1/s1. The second-order valence-corrected chi connectivity index (χ2v) is 8.78. The van der Waals surface area contributed by atoms with E-state index in [2.05, 4.69) is 10.0 Å². The lowest BCUT2D eigenvalue weighted by atomic mass is 10.0. The van der Waals surface area contributed by atoms with E-state index in [-0.39, 0.29) is 11.3 Å². The summed E-state index contributed by atoms with van der Waals surface area (Å²) in [5.74, 6) is -0.263. The van der Waals surface area contributed by atoms with Crippen LogP contribution in [0.1, 0.15) is 28.4 Å². The van der Waals surface area contributed by atoms with Gasteiger partial charge in [-0.15, -0.1) is 0 Å². The Kier molecular flexibility index (Phi) is 5.83. The molecule has 2 N–H and O–H groups in total. The van der Waals surface area contributed by atoms with E-state index in [1.165, 1.54) is 25.3 Å². The van der Waals surface area contributed by atoms with Gasteiger partial charge < -0.3 is 14.8 Å². The third-order valence-corrected chi connectivity index (χ3v) is 6.30. The highest BCUT2D eigenvalue weighted by molar-refractivity contribution is 7.92. The minimum atomic E-state index is -3.87. The third-order valence-electron chi connectivity index (χ3n) is 4.92. The Bertz CT molecular complexity index is 1270. The molecule has 1 atom stereocenters. The number of hydrogen-bond donors (Lipinski definition) is 2. The van der Waals surface area contributed by atoms with E-state index in [4.69, 9.17) is 9.47 Å². The Labute approximate surface area is 185 Å². The molecule has 1 aliphatic rings. The van der Waals surface area contributed by atoms with Crippen LogP contribution in [-0.4, -0.2) is 27.4 Å². The van der Waals surface area contributed by atoms with E-state index < -0.39 is 28.0 Å². The Balaban J connectivity index is 1.44. The van der Waals surface area contributed by atoms with Crippen LogP contribution < -0.4 is 14.8 Å². The molecule has 3 aromatic carbocycles. The molecular weight excluding hydrogens is 432 g/mol. The SMILES string of the molecule is COc1ccc(NS(=O)(=O)c2cccc(NC(=O)C[C@H]3OC(=O)c4ccccc43)c2)cc1. The van der Waals surface area contributed by atoms with Crippen molar-refractivity contribution in [3.8, 4) is 5.75 Å². The van der Waals surface area contributed by atoms with Crippen molar-refractivity contribution in [1.82, 2.24) is 0 Å². The largest absolute Gasteiger partial charge is 0.497 e. The fourth-order valence-electron chi connectivity index (χ4n) is 3.37. The number of esters is 1. The van der Waals surface area contributed by atoms with Crippen LogP contribution in [0.4, 0.5) is 11.4 Å². The van der Waals surface area contributed by atoms with Crippen molar-refractivity contribution in [3.63, 3.8) is 0 Å². The molecule has 1 amide bonds. The summed E-state index contributed by atoms with van der Waals surface area (Å²) in [7, 11) is -2.35. The second-order valence-electron chi connectivity index (χ2n) is 7.10. The van der Waals surface area contributed by atoms with Gasteiger partial charge in [0.1, 0.15) is 11.9 Å². The van der Waals surface area contributed by atoms with Crippen molar-refractivity contribution in [2.45, 2.75) is 17.4 Å². The summed E-state index contributed by atoms with van der Waals surface area (Å²) < 4.78 is 38.3. The van der Waals surface area contributed by atoms with Crippen LogP contribution in [-0.2, 0) is 19.6 Å². The number of methoxy groups -OCH3 is 1. The molecule has 0 saturated carbocycles. The number of amides is 1. The Hall–Kier alpha value is -3.85. The van der Waals surface area contributed by atoms with Gasteiger partial charge in [0.2, 0.25) is 5.91 Å². The number of sulfonamides is 1. The predicted octanol–water partition coefficient (Wildman–Crippen LogP) is 3.74. The molecule has 4 rings (SSSR count). The zero-order valence-corrected chi connectivity index (χ0v) is 17.9. The Morgan fingerprint density at radius 1 is 1.00 bits per heavy atom. The van der Waals surface area contributed by atoms with Gasteiger partial charge >= 0.3 is 5.97 Å². The molecular formula is C23H20N2O6S. The lowest BCUT2D eigenvalue weighted by molar-refractivity contribution is -0.118. The number of cyclic esters (lactones) is 1. The zero-order valence-electron chi connectivity index (χ0n) is 17.1.